The van der Waals surface area contributed by atoms with Crippen LogP contribution in [0.4, 0.5) is 28.9 Å². The predicted octanol–water partition coefficient (Wildman–Crippen LogP) is 5.50. The number of aromatic nitrogens is 1. The van der Waals surface area contributed by atoms with Gasteiger partial charge in [-0.2, -0.15) is 17.9 Å². The topological polar surface area (TPSA) is 83.8 Å². The zero-order valence-electron chi connectivity index (χ0n) is 20.3. The van der Waals surface area contributed by atoms with E-state index in [1.165, 1.54) is 12.1 Å². The summed E-state index contributed by atoms with van der Waals surface area (Å²) in [7, 11) is 0. The zero-order chi connectivity index (χ0) is 28.3. The Labute approximate surface area is 230 Å². The molecule has 1 aromatic heterocycles. The third-order valence-corrected chi connectivity index (χ3v) is 7.02. The summed E-state index contributed by atoms with van der Waals surface area (Å²) >= 11 is 12.4. The van der Waals surface area contributed by atoms with E-state index in [0.717, 1.165) is 28.6 Å². The van der Waals surface area contributed by atoms with Crippen molar-refractivity contribution in [3.8, 4) is 0 Å². The Hall–Kier alpha value is -3.28. The number of pyridine rings is 1. The van der Waals surface area contributed by atoms with Gasteiger partial charge in [0.15, 0.2) is 0 Å². The van der Waals surface area contributed by atoms with Crippen molar-refractivity contribution in [2.45, 2.75) is 24.9 Å². The summed E-state index contributed by atoms with van der Waals surface area (Å²) in [5.74, 6) is -0.736. The van der Waals surface area contributed by atoms with Crippen LogP contribution in [-0.2, 0) is 6.18 Å². The zero-order valence-corrected chi connectivity index (χ0v) is 21.8. The average Bonchev–Trinajstić information content (AvgIpc) is 2.91. The second-order valence-corrected chi connectivity index (χ2v) is 9.64. The summed E-state index contributed by atoms with van der Waals surface area (Å²) in [5.41, 5.74) is -1.13. The van der Waals surface area contributed by atoms with Gasteiger partial charge in [0, 0.05) is 13.1 Å². The lowest BCUT2D eigenvalue weighted by Crippen LogP contribution is -2.39. The highest BCUT2D eigenvalue weighted by molar-refractivity contribution is 6.35. The summed E-state index contributed by atoms with van der Waals surface area (Å²) in [6.07, 6.45) is -2.32. The number of carbonyl (C=O) groups excluding carboxylic acids is 1. The number of benzene rings is 2. The van der Waals surface area contributed by atoms with Crippen molar-refractivity contribution < 1.29 is 32.3 Å². The Bertz CT molecular complexity index is 1410. The van der Waals surface area contributed by atoms with Crippen LogP contribution in [0.2, 0.25) is 10.0 Å². The number of anilines is 2. The second-order valence-electron chi connectivity index (χ2n) is 8.85. The van der Waals surface area contributed by atoms with E-state index in [2.05, 4.69) is 5.32 Å². The van der Waals surface area contributed by atoms with E-state index in [-0.39, 0.29) is 40.3 Å². The minimum absolute atomic E-state index is 0.0101. The van der Waals surface area contributed by atoms with Crippen molar-refractivity contribution in [1.82, 2.24) is 9.63 Å². The molecule has 2 N–H and O–H groups in total. The molecule has 0 spiro atoms. The number of halogens is 6. The van der Waals surface area contributed by atoms with Crippen molar-refractivity contribution in [2.75, 3.05) is 31.6 Å². The largest absolute Gasteiger partial charge is 0.416 e. The molecule has 2 heterocycles. The van der Waals surface area contributed by atoms with Gasteiger partial charge in [-0.05, 0) is 54.7 Å². The Balaban J connectivity index is 1.65. The lowest BCUT2D eigenvalue weighted by molar-refractivity contribution is -0.137. The fourth-order valence-electron chi connectivity index (χ4n) is 4.33. The van der Waals surface area contributed by atoms with Gasteiger partial charge in [0.05, 0.1) is 40.3 Å². The van der Waals surface area contributed by atoms with E-state index >= 15 is 0 Å². The third kappa shape index (κ3) is 6.48. The number of nitrogens with zero attached hydrogens (tertiary/aromatic N) is 2. The Morgan fingerprint density at radius 1 is 1.10 bits per heavy atom. The SMILES string of the molecule is O=C(c1cn(OCCO)c(=O)c(Cl)c1Nc1ccc(C(F)(F)F)cc1Cl)N1CCC(c2ccc(F)cc2)CC1. The van der Waals surface area contributed by atoms with Gasteiger partial charge in [0.1, 0.15) is 17.4 Å². The van der Waals surface area contributed by atoms with Crippen molar-refractivity contribution in [1.29, 1.82) is 0 Å². The second kappa shape index (κ2) is 11.8. The maximum atomic E-state index is 13.6. The number of piperidine rings is 1. The molecule has 4 rings (SSSR count). The van der Waals surface area contributed by atoms with E-state index in [1.807, 2.05) is 0 Å². The first-order valence-corrected chi connectivity index (χ1v) is 12.6. The smallest absolute Gasteiger partial charge is 0.408 e. The quantitative estimate of drug-likeness (QED) is 0.357. The van der Waals surface area contributed by atoms with Gasteiger partial charge in [-0.3, -0.25) is 9.59 Å². The first kappa shape index (κ1) is 28.7. The van der Waals surface area contributed by atoms with Crippen LogP contribution < -0.4 is 15.7 Å². The fraction of sp³-hybridized carbons (Fsp3) is 0.308. The van der Waals surface area contributed by atoms with Crippen LogP contribution in [0.3, 0.4) is 0 Å². The molecular formula is C26H23Cl2F4N3O4. The molecule has 1 saturated heterocycles. The van der Waals surface area contributed by atoms with Gasteiger partial charge in [0.25, 0.3) is 5.91 Å². The summed E-state index contributed by atoms with van der Waals surface area (Å²) in [6, 6.07) is 8.77. The molecular weight excluding hydrogens is 565 g/mol. The van der Waals surface area contributed by atoms with Crippen LogP contribution >= 0.6 is 23.2 Å². The molecule has 0 bridgehead atoms. The van der Waals surface area contributed by atoms with E-state index in [0.29, 0.717) is 32.0 Å². The fourth-order valence-corrected chi connectivity index (χ4v) is 4.79. The highest BCUT2D eigenvalue weighted by Crippen LogP contribution is 2.37. The molecule has 0 atom stereocenters. The molecule has 3 aromatic rings. The number of aliphatic hydroxyl groups is 1. The standard InChI is InChI=1S/C26H23Cl2F4N3O4/c27-20-13-17(26(30,31)32)3-6-21(20)33-23-19(14-35(39-12-11-36)25(38)22(23)28)24(37)34-9-7-16(8-10-34)15-1-4-18(29)5-2-15/h1-6,13-14,16,33,36H,7-12H2. The van der Waals surface area contributed by atoms with Crippen molar-refractivity contribution in [2.24, 2.45) is 0 Å². The van der Waals surface area contributed by atoms with E-state index in [4.69, 9.17) is 33.1 Å². The average molecular weight is 588 g/mol. The predicted molar refractivity (Wildman–Crippen MR) is 138 cm³/mol. The lowest BCUT2D eigenvalue weighted by Gasteiger charge is -2.33. The summed E-state index contributed by atoms with van der Waals surface area (Å²) in [5, 5.41) is 11.1. The molecule has 1 fully saturated rings. The minimum atomic E-state index is -4.62. The van der Waals surface area contributed by atoms with Crippen molar-refractivity contribution >= 4 is 40.5 Å². The number of hydrogen-bond donors (Lipinski definition) is 2. The molecule has 0 aliphatic carbocycles. The van der Waals surface area contributed by atoms with E-state index < -0.39 is 34.8 Å². The molecule has 13 heteroatoms. The summed E-state index contributed by atoms with van der Waals surface area (Å²) in [4.78, 5) is 33.2. The molecule has 1 amide bonds. The van der Waals surface area contributed by atoms with Crippen molar-refractivity contribution in [3.05, 3.63) is 91.6 Å². The molecule has 7 nitrogen and oxygen atoms in total. The third-order valence-electron chi connectivity index (χ3n) is 6.35. The monoisotopic (exact) mass is 587 g/mol. The van der Waals surface area contributed by atoms with Crippen LogP contribution in [0.1, 0.15) is 40.2 Å². The molecule has 0 radical (unpaired) electrons. The molecule has 39 heavy (non-hydrogen) atoms. The number of aliphatic hydroxyl groups excluding tert-OH is 1. The van der Waals surface area contributed by atoms with Crippen LogP contribution in [0.5, 0.6) is 0 Å². The molecule has 1 aliphatic rings. The Morgan fingerprint density at radius 3 is 2.36 bits per heavy atom. The van der Waals surface area contributed by atoms with Crippen LogP contribution in [0.25, 0.3) is 0 Å². The first-order chi connectivity index (χ1) is 18.5. The highest BCUT2D eigenvalue weighted by atomic mass is 35.5. The van der Waals surface area contributed by atoms with Crippen LogP contribution in [-0.4, -0.2) is 46.9 Å². The number of likely N-dealkylation sites (tertiary alicyclic amines) is 1. The van der Waals surface area contributed by atoms with Gasteiger partial charge in [0.2, 0.25) is 0 Å². The number of rotatable bonds is 7. The maximum Gasteiger partial charge on any atom is 0.416 e. The Kier molecular flexibility index (Phi) is 8.73. The van der Waals surface area contributed by atoms with Crippen LogP contribution in [0, 0.1) is 5.82 Å². The highest BCUT2D eigenvalue weighted by Gasteiger charge is 2.32. The van der Waals surface area contributed by atoms with Crippen molar-refractivity contribution in [3.63, 3.8) is 0 Å². The normalized spacial score (nSPS) is 14.4. The Morgan fingerprint density at radius 2 is 1.77 bits per heavy atom. The van der Waals surface area contributed by atoms with Gasteiger partial charge in [-0.1, -0.05) is 35.3 Å². The number of carbonyl (C=O) groups is 1. The minimum Gasteiger partial charge on any atom is -0.408 e. The molecule has 1 aliphatic heterocycles. The molecule has 2 aromatic carbocycles. The number of amides is 1. The first-order valence-electron chi connectivity index (χ1n) is 11.9. The van der Waals surface area contributed by atoms with Gasteiger partial charge < -0.3 is 20.2 Å². The molecule has 0 unspecified atom stereocenters. The number of nitrogens with one attached hydrogen (secondary N) is 1. The van der Waals surface area contributed by atoms with Gasteiger partial charge >= 0.3 is 11.7 Å². The van der Waals surface area contributed by atoms with Crippen LogP contribution in [0.15, 0.2) is 53.5 Å². The lowest BCUT2D eigenvalue weighted by atomic mass is 9.89. The number of alkyl halides is 3. The van der Waals surface area contributed by atoms with E-state index in [9.17, 15) is 27.2 Å². The van der Waals surface area contributed by atoms with Gasteiger partial charge in [-0.15, -0.1) is 0 Å². The van der Waals surface area contributed by atoms with Gasteiger partial charge in [-0.25, -0.2) is 4.39 Å². The molecule has 0 saturated carbocycles. The summed E-state index contributed by atoms with van der Waals surface area (Å²) in [6.45, 7) is 0.0149. The molecule has 208 valence electrons. The summed E-state index contributed by atoms with van der Waals surface area (Å²) < 4.78 is 53.2. The number of hydrogen-bond acceptors (Lipinski definition) is 5. The van der Waals surface area contributed by atoms with E-state index in [1.54, 1.807) is 17.0 Å². The maximum absolute atomic E-state index is 13.6.